The molecule has 2 aliphatic heterocycles. The summed E-state index contributed by atoms with van der Waals surface area (Å²) >= 11 is 0. The molecule has 154 valence electrons. The maximum atomic E-state index is 12.8. The van der Waals surface area contributed by atoms with Crippen molar-refractivity contribution in [3.05, 3.63) is 24.3 Å². The average molecular weight is 408 g/mol. The van der Waals surface area contributed by atoms with Gasteiger partial charge >= 0.3 is 0 Å². The molecule has 2 amide bonds. The van der Waals surface area contributed by atoms with Gasteiger partial charge in [0.05, 0.1) is 10.8 Å². The molecule has 1 aromatic rings. The highest BCUT2D eigenvalue weighted by Gasteiger charge is 2.29. The van der Waals surface area contributed by atoms with E-state index in [0.717, 1.165) is 25.7 Å². The summed E-state index contributed by atoms with van der Waals surface area (Å²) in [6.45, 7) is 5.89. The van der Waals surface area contributed by atoms with E-state index in [1.165, 1.54) is 6.92 Å². The fraction of sp³-hybridized carbons (Fsp3) is 0.600. The van der Waals surface area contributed by atoms with E-state index in [0.29, 0.717) is 37.8 Å². The number of anilines is 1. The lowest BCUT2D eigenvalue weighted by atomic mass is 9.97. The van der Waals surface area contributed by atoms with Gasteiger partial charge in [-0.3, -0.25) is 9.59 Å². The smallest absolute Gasteiger partial charge is 0.243 e. The molecule has 2 saturated heterocycles. The van der Waals surface area contributed by atoms with Gasteiger partial charge in [-0.1, -0.05) is 6.92 Å². The van der Waals surface area contributed by atoms with Crippen LogP contribution in [0, 0.1) is 11.8 Å². The number of likely N-dealkylation sites (tertiary alicyclic amines) is 1. The van der Waals surface area contributed by atoms with E-state index in [2.05, 4.69) is 12.2 Å². The molecule has 28 heavy (non-hydrogen) atoms. The average Bonchev–Trinajstić information content (AvgIpc) is 2.69. The van der Waals surface area contributed by atoms with Gasteiger partial charge in [0, 0.05) is 38.8 Å². The molecule has 2 aliphatic rings. The van der Waals surface area contributed by atoms with Crippen LogP contribution in [0.4, 0.5) is 5.69 Å². The molecule has 7 nitrogen and oxygen atoms in total. The van der Waals surface area contributed by atoms with E-state index in [1.807, 2.05) is 0 Å². The van der Waals surface area contributed by atoms with Crippen molar-refractivity contribution in [2.75, 3.05) is 31.5 Å². The summed E-state index contributed by atoms with van der Waals surface area (Å²) in [4.78, 5) is 26.0. The molecule has 0 radical (unpaired) electrons. The fourth-order valence-corrected chi connectivity index (χ4v) is 5.28. The molecule has 0 aliphatic carbocycles. The van der Waals surface area contributed by atoms with Crippen LogP contribution in [0.25, 0.3) is 0 Å². The molecule has 3 rings (SSSR count). The number of rotatable bonds is 4. The van der Waals surface area contributed by atoms with Gasteiger partial charge in [-0.25, -0.2) is 8.42 Å². The third-order valence-corrected chi connectivity index (χ3v) is 7.65. The predicted octanol–water partition coefficient (Wildman–Crippen LogP) is 2.30. The quantitative estimate of drug-likeness (QED) is 0.830. The predicted molar refractivity (Wildman–Crippen MR) is 107 cm³/mol. The van der Waals surface area contributed by atoms with E-state index < -0.39 is 10.0 Å². The van der Waals surface area contributed by atoms with Crippen molar-refractivity contribution in [1.82, 2.24) is 9.21 Å². The van der Waals surface area contributed by atoms with Crippen molar-refractivity contribution in [3.8, 4) is 0 Å². The Morgan fingerprint density at radius 3 is 2.29 bits per heavy atom. The van der Waals surface area contributed by atoms with E-state index in [4.69, 9.17) is 0 Å². The normalized spacial score (nSPS) is 22.1. The van der Waals surface area contributed by atoms with E-state index >= 15 is 0 Å². The second-order valence-corrected chi connectivity index (χ2v) is 9.84. The van der Waals surface area contributed by atoms with Crippen LogP contribution in [0.15, 0.2) is 29.2 Å². The first kappa shape index (κ1) is 20.8. The van der Waals surface area contributed by atoms with E-state index in [-0.39, 0.29) is 22.6 Å². The molecule has 0 aromatic heterocycles. The Balaban J connectivity index is 1.62. The largest absolute Gasteiger partial charge is 0.342 e. The number of hydrogen-bond donors (Lipinski definition) is 1. The molecule has 0 spiro atoms. The number of sulfonamides is 1. The van der Waals surface area contributed by atoms with Gasteiger partial charge in [0.25, 0.3) is 0 Å². The highest BCUT2D eigenvalue weighted by atomic mass is 32.2. The molecule has 0 bridgehead atoms. The summed E-state index contributed by atoms with van der Waals surface area (Å²) in [5.74, 6) is 0.171. The van der Waals surface area contributed by atoms with Crippen molar-refractivity contribution < 1.29 is 18.0 Å². The monoisotopic (exact) mass is 407 g/mol. The molecule has 1 atom stereocenters. The minimum absolute atomic E-state index is 0.0147. The minimum atomic E-state index is -3.49. The zero-order chi connectivity index (χ0) is 20.3. The lowest BCUT2D eigenvalue weighted by molar-refractivity contribution is -0.132. The fourth-order valence-electron chi connectivity index (χ4n) is 3.81. The summed E-state index contributed by atoms with van der Waals surface area (Å²) in [6.07, 6.45) is 3.32. The van der Waals surface area contributed by atoms with Crippen molar-refractivity contribution >= 4 is 27.5 Å². The number of amides is 2. The van der Waals surface area contributed by atoms with Crippen molar-refractivity contribution in [2.24, 2.45) is 11.8 Å². The summed E-state index contributed by atoms with van der Waals surface area (Å²) in [5.41, 5.74) is 0.566. The van der Waals surface area contributed by atoms with Crippen LogP contribution in [-0.2, 0) is 19.6 Å². The van der Waals surface area contributed by atoms with Crippen molar-refractivity contribution in [3.63, 3.8) is 0 Å². The van der Waals surface area contributed by atoms with Crippen LogP contribution in [0.3, 0.4) is 0 Å². The summed E-state index contributed by atoms with van der Waals surface area (Å²) in [5, 5.41) is 2.85. The van der Waals surface area contributed by atoms with Gasteiger partial charge < -0.3 is 10.2 Å². The van der Waals surface area contributed by atoms with Gasteiger partial charge in [0.2, 0.25) is 21.8 Å². The third-order valence-electron chi connectivity index (χ3n) is 5.74. The van der Waals surface area contributed by atoms with Crippen molar-refractivity contribution in [1.29, 1.82) is 0 Å². The molecule has 0 saturated carbocycles. The topological polar surface area (TPSA) is 86.8 Å². The summed E-state index contributed by atoms with van der Waals surface area (Å²) in [7, 11) is -3.49. The Kier molecular flexibility index (Phi) is 6.40. The number of carbonyl (C=O) groups excluding carboxylic acids is 2. The second-order valence-electron chi connectivity index (χ2n) is 7.90. The molecular weight excluding hydrogens is 378 g/mol. The van der Waals surface area contributed by atoms with Crippen LogP contribution in [0.2, 0.25) is 0 Å². The molecule has 2 fully saturated rings. The Bertz CT molecular complexity index is 814. The maximum Gasteiger partial charge on any atom is 0.243 e. The molecular formula is C20H29N3O4S. The van der Waals surface area contributed by atoms with Crippen LogP contribution >= 0.6 is 0 Å². The first-order valence-corrected chi connectivity index (χ1v) is 11.4. The lowest BCUT2D eigenvalue weighted by Gasteiger charge is -2.31. The number of benzene rings is 1. The third kappa shape index (κ3) is 4.72. The van der Waals surface area contributed by atoms with Gasteiger partial charge in [-0.05, 0) is 55.9 Å². The zero-order valence-corrected chi connectivity index (χ0v) is 17.4. The maximum absolute atomic E-state index is 12.8. The Morgan fingerprint density at radius 2 is 1.68 bits per heavy atom. The van der Waals surface area contributed by atoms with Gasteiger partial charge in [-0.15, -0.1) is 0 Å². The van der Waals surface area contributed by atoms with Crippen LogP contribution < -0.4 is 5.32 Å². The molecule has 1 N–H and O–H groups in total. The lowest BCUT2D eigenvalue weighted by Crippen LogP contribution is -2.42. The highest BCUT2D eigenvalue weighted by molar-refractivity contribution is 7.89. The molecule has 1 aromatic carbocycles. The van der Waals surface area contributed by atoms with Crippen LogP contribution in [0.1, 0.15) is 39.5 Å². The Labute approximate surface area is 167 Å². The van der Waals surface area contributed by atoms with Crippen LogP contribution in [-0.4, -0.2) is 55.6 Å². The summed E-state index contributed by atoms with van der Waals surface area (Å²) < 4.78 is 27.1. The SMILES string of the molecule is CC(=O)N1CCC[C@H](C(=O)Nc2ccc(S(=O)(=O)N3CCC(C)CC3)cc2)C1. The van der Waals surface area contributed by atoms with E-state index in [9.17, 15) is 18.0 Å². The molecule has 2 heterocycles. The Hall–Kier alpha value is -1.93. The number of hydrogen-bond acceptors (Lipinski definition) is 4. The highest BCUT2D eigenvalue weighted by Crippen LogP contribution is 2.25. The Morgan fingerprint density at radius 1 is 1.04 bits per heavy atom. The first-order chi connectivity index (χ1) is 13.3. The number of carbonyl (C=O) groups is 2. The number of nitrogens with zero attached hydrogens (tertiary/aromatic N) is 2. The van der Waals surface area contributed by atoms with Gasteiger partial charge in [0.15, 0.2) is 0 Å². The van der Waals surface area contributed by atoms with E-state index in [1.54, 1.807) is 33.5 Å². The van der Waals surface area contributed by atoms with Crippen LogP contribution in [0.5, 0.6) is 0 Å². The standard InChI is InChI=1S/C20H29N3O4S/c1-15-9-12-23(13-10-15)28(26,27)19-7-5-18(6-8-19)21-20(25)17-4-3-11-22(14-17)16(2)24/h5-8,15,17H,3-4,9-14H2,1-2H3,(H,21,25)/t17-/m0/s1. The zero-order valence-electron chi connectivity index (χ0n) is 16.6. The van der Waals surface area contributed by atoms with Crippen molar-refractivity contribution in [2.45, 2.75) is 44.4 Å². The van der Waals surface area contributed by atoms with Gasteiger partial charge in [0.1, 0.15) is 0 Å². The number of piperidine rings is 2. The number of nitrogens with one attached hydrogen (secondary N) is 1. The summed E-state index contributed by atoms with van der Waals surface area (Å²) in [6, 6.07) is 6.35. The van der Waals surface area contributed by atoms with Gasteiger partial charge in [-0.2, -0.15) is 4.31 Å². The second kappa shape index (κ2) is 8.61. The molecule has 8 heteroatoms. The first-order valence-electron chi connectivity index (χ1n) is 9.94. The molecule has 0 unspecified atom stereocenters. The minimum Gasteiger partial charge on any atom is -0.342 e.